The van der Waals surface area contributed by atoms with Crippen molar-refractivity contribution in [3.05, 3.63) is 35.4 Å². The van der Waals surface area contributed by atoms with E-state index in [0.29, 0.717) is 6.04 Å². The minimum atomic E-state index is 0.0732. The molecule has 1 amide bonds. The normalized spacial score (nSPS) is 24.4. The van der Waals surface area contributed by atoms with Gasteiger partial charge in [-0.3, -0.25) is 4.79 Å². The summed E-state index contributed by atoms with van der Waals surface area (Å²) in [6.07, 6.45) is 4.79. The molecule has 1 aromatic rings. The van der Waals surface area contributed by atoms with Gasteiger partial charge in [0.25, 0.3) is 5.91 Å². The van der Waals surface area contributed by atoms with Crippen molar-refractivity contribution in [2.45, 2.75) is 45.6 Å². The van der Waals surface area contributed by atoms with Crippen LogP contribution in [0.5, 0.6) is 0 Å². The summed E-state index contributed by atoms with van der Waals surface area (Å²) in [6.45, 7) is 4.30. The zero-order valence-corrected chi connectivity index (χ0v) is 10.7. The number of aryl methyl sites for hydroxylation is 1. The fourth-order valence-corrected chi connectivity index (χ4v) is 2.54. The smallest absolute Gasteiger partial charge is 0.251 e. The fraction of sp³-hybridized carbons (Fsp3) is 0.533. The van der Waals surface area contributed by atoms with Crippen LogP contribution >= 0.6 is 0 Å². The lowest BCUT2D eigenvalue weighted by Crippen LogP contribution is -2.37. The van der Waals surface area contributed by atoms with Crippen molar-refractivity contribution in [1.82, 2.24) is 5.32 Å². The van der Waals surface area contributed by atoms with Gasteiger partial charge in [-0.2, -0.15) is 0 Å². The van der Waals surface area contributed by atoms with Crippen molar-refractivity contribution < 1.29 is 4.79 Å². The Labute approximate surface area is 103 Å². The first-order valence-corrected chi connectivity index (χ1v) is 6.52. The largest absolute Gasteiger partial charge is 0.349 e. The third kappa shape index (κ3) is 3.32. The molecular formula is C15H21NO. The van der Waals surface area contributed by atoms with Crippen molar-refractivity contribution in [1.29, 1.82) is 0 Å². The van der Waals surface area contributed by atoms with Crippen LogP contribution in [0.3, 0.4) is 0 Å². The quantitative estimate of drug-likeness (QED) is 0.831. The predicted octanol–water partition coefficient (Wildman–Crippen LogP) is 3.30. The van der Waals surface area contributed by atoms with Crippen molar-refractivity contribution in [2.24, 2.45) is 5.92 Å². The van der Waals surface area contributed by atoms with Crippen molar-refractivity contribution in [3.8, 4) is 0 Å². The van der Waals surface area contributed by atoms with Gasteiger partial charge in [0.15, 0.2) is 0 Å². The molecule has 2 atom stereocenters. The highest BCUT2D eigenvalue weighted by atomic mass is 16.1. The maximum Gasteiger partial charge on any atom is 0.251 e. The molecule has 0 aromatic heterocycles. The van der Waals surface area contributed by atoms with Crippen molar-refractivity contribution in [2.75, 3.05) is 0 Å². The summed E-state index contributed by atoms with van der Waals surface area (Å²) in [4.78, 5) is 12.0. The Hall–Kier alpha value is -1.31. The Morgan fingerprint density at radius 2 is 1.94 bits per heavy atom. The van der Waals surface area contributed by atoms with Gasteiger partial charge in [-0.1, -0.05) is 37.5 Å². The molecular weight excluding hydrogens is 210 g/mol. The first kappa shape index (κ1) is 12.2. The van der Waals surface area contributed by atoms with Crippen LogP contribution < -0.4 is 5.32 Å². The molecule has 1 aliphatic carbocycles. The Bertz CT molecular complexity index is 382. The summed E-state index contributed by atoms with van der Waals surface area (Å²) in [5, 5.41) is 3.15. The predicted molar refractivity (Wildman–Crippen MR) is 70.1 cm³/mol. The van der Waals surface area contributed by atoms with Crippen molar-refractivity contribution >= 4 is 5.91 Å². The molecule has 1 N–H and O–H groups in total. The molecule has 0 bridgehead atoms. The van der Waals surface area contributed by atoms with Gasteiger partial charge in [0, 0.05) is 11.6 Å². The zero-order chi connectivity index (χ0) is 12.3. The van der Waals surface area contributed by atoms with Gasteiger partial charge in [0.2, 0.25) is 0 Å². The van der Waals surface area contributed by atoms with E-state index in [1.807, 2.05) is 31.2 Å². The molecule has 0 aliphatic heterocycles. The molecule has 1 saturated carbocycles. The van der Waals surface area contributed by atoms with Crippen LogP contribution in [0.1, 0.15) is 48.5 Å². The highest BCUT2D eigenvalue weighted by Gasteiger charge is 2.20. The maximum absolute atomic E-state index is 12.0. The Balaban J connectivity index is 1.94. The van der Waals surface area contributed by atoms with E-state index in [1.165, 1.54) is 18.4 Å². The highest BCUT2D eigenvalue weighted by molar-refractivity contribution is 5.94. The molecule has 1 fully saturated rings. The molecule has 0 saturated heterocycles. The summed E-state index contributed by atoms with van der Waals surface area (Å²) in [5.41, 5.74) is 1.96. The van der Waals surface area contributed by atoms with Crippen LogP contribution in [0, 0.1) is 12.8 Å². The topological polar surface area (TPSA) is 29.1 Å². The first-order valence-electron chi connectivity index (χ1n) is 6.52. The third-order valence-electron chi connectivity index (χ3n) is 3.59. The van der Waals surface area contributed by atoms with E-state index in [0.717, 1.165) is 24.3 Å². The number of hydrogen-bond acceptors (Lipinski definition) is 1. The average Bonchev–Trinajstić information content (AvgIpc) is 2.29. The second-order valence-corrected chi connectivity index (χ2v) is 5.31. The van der Waals surface area contributed by atoms with Crippen LogP contribution in [0.15, 0.2) is 24.3 Å². The van der Waals surface area contributed by atoms with Crippen LogP contribution in [-0.4, -0.2) is 11.9 Å². The Morgan fingerprint density at radius 1 is 1.24 bits per heavy atom. The van der Waals surface area contributed by atoms with E-state index in [4.69, 9.17) is 0 Å². The maximum atomic E-state index is 12.0. The van der Waals surface area contributed by atoms with E-state index in [2.05, 4.69) is 12.2 Å². The molecule has 2 nitrogen and oxygen atoms in total. The van der Waals surface area contributed by atoms with Gasteiger partial charge < -0.3 is 5.32 Å². The third-order valence-corrected chi connectivity index (χ3v) is 3.59. The minimum absolute atomic E-state index is 0.0732. The summed E-state index contributed by atoms with van der Waals surface area (Å²) in [7, 11) is 0. The summed E-state index contributed by atoms with van der Waals surface area (Å²) >= 11 is 0. The Morgan fingerprint density at radius 3 is 2.59 bits per heavy atom. The molecule has 2 rings (SSSR count). The number of hydrogen-bond donors (Lipinski definition) is 1. The lowest BCUT2D eigenvalue weighted by atomic mass is 9.87. The van der Waals surface area contributed by atoms with Gasteiger partial charge in [-0.25, -0.2) is 0 Å². The molecule has 92 valence electrons. The molecule has 1 aromatic carbocycles. The van der Waals surface area contributed by atoms with Gasteiger partial charge in [-0.15, -0.1) is 0 Å². The van der Waals surface area contributed by atoms with Gasteiger partial charge >= 0.3 is 0 Å². The summed E-state index contributed by atoms with van der Waals surface area (Å²) < 4.78 is 0. The standard InChI is InChI=1S/C15H21NO/c1-11-6-8-13(9-7-11)15(17)16-14-5-3-4-12(2)10-14/h6-9,12,14H,3-5,10H2,1-2H3,(H,16,17)/t12-,14-/m0/s1. The van der Waals surface area contributed by atoms with E-state index >= 15 is 0 Å². The lowest BCUT2D eigenvalue weighted by Gasteiger charge is -2.27. The number of rotatable bonds is 2. The lowest BCUT2D eigenvalue weighted by molar-refractivity contribution is 0.0921. The van der Waals surface area contributed by atoms with Crippen LogP contribution in [0.2, 0.25) is 0 Å². The molecule has 0 spiro atoms. The summed E-state index contributed by atoms with van der Waals surface area (Å²) in [6, 6.07) is 8.14. The Kier molecular flexibility index (Phi) is 3.82. The zero-order valence-electron chi connectivity index (χ0n) is 10.7. The number of carbonyl (C=O) groups excluding carboxylic acids is 1. The number of amides is 1. The van der Waals surface area contributed by atoms with E-state index in [1.54, 1.807) is 0 Å². The SMILES string of the molecule is Cc1ccc(C(=O)N[C@H]2CCC[C@H](C)C2)cc1. The average molecular weight is 231 g/mol. The molecule has 17 heavy (non-hydrogen) atoms. The van der Waals surface area contributed by atoms with Gasteiger partial charge in [0.1, 0.15) is 0 Å². The second-order valence-electron chi connectivity index (χ2n) is 5.31. The van der Waals surface area contributed by atoms with Crippen LogP contribution in [0.4, 0.5) is 0 Å². The number of carbonyl (C=O) groups is 1. The minimum Gasteiger partial charge on any atom is -0.349 e. The van der Waals surface area contributed by atoms with Crippen LogP contribution in [-0.2, 0) is 0 Å². The molecule has 1 aliphatic rings. The highest BCUT2D eigenvalue weighted by Crippen LogP contribution is 2.23. The van der Waals surface area contributed by atoms with E-state index in [-0.39, 0.29) is 5.91 Å². The van der Waals surface area contributed by atoms with Gasteiger partial charge in [0.05, 0.1) is 0 Å². The molecule has 0 unspecified atom stereocenters. The monoisotopic (exact) mass is 231 g/mol. The second kappa shape index (κ2) is 5.35. The molecule has 0 radical (unpaired) electrons. The molecule has 0 heterocycles. The first-order chi connectivity index (χ1) is 8.15. The van der Waals surface area contributed by atoms with Gasteiger partial charge in [-0.05, 0) is 37.8 Å². The summed E-state index contributed by atoms with van der Waals surface area (Å²) in [5.74, 6) is 0.816. The number of nitrogens with one attached hydrogen (secondary N) is 1. The fourth-order valence-electron chi connectivity index (χ4n) is 2.54. The van der Waals surface area contributed by atoms with Crippen molar-refractivity contribution in [3.63, 3.8) is 0 Å². The van der Waals surface area contributed by atoms with Crippen LogP contribution in [0.25, 0.3) is 0 Å². The van der Waals surface area contributed by atoms with E-state index < -0.39 is 0 Å². The number of benzene rings is 1. The van der Waals surface area contributed by atoms with E-state index in [9.17, 15) is 4.79 Å². The molecule has 2 heteroatoms.